The number of aromatic hydroxyl groups is 2. The van der Waals surface area contributed by atoms with E-state index in [2.05, 4.69) is 57.2 Å². The Morgan fingerprint density at radius 2 is 1.41 bits per heavy atom. The lowest BCUT2D eigenvalue weighted by molar-refractivity contribution is 0.308. The molecule has 0 aromatic heterocycles. The molecular weight excluding hydrogens is 447 g/mol. The first-order chi connectivity index (χ1) is 12.6. The third-order valence-corrected chi connectivity index (χ3v) is 6.34. The molecule has 0 saturated heterocycles. The average molecular weight is 488 g/mol. The monoisotopic (exact) mass is 488 g/mol. The van der Waals surface area contributed by atoms with Crippen LogP contribution in [0.1, 0.15) is 104 Å². The van der Waals surface area contributed by atoms with Crippen molar-refractivity contribution in [1.82, 2.24) is 0 Å². The fourth-order valence-electron chi connectivity index (χ4n) is 3.42. The molecule has 0 aliphatic carbocycles. The lowest BCUT2D eigenvalue weighted by Crippen LogP contribution is -2.08. The largest absolute Gasteiger partial charge is 0.508 e. The van der Waals surface area contributed by atoms with Crippen molar-refractivity contribution < 1.29 is 10.2 Å². The Morgan fingerprint density at radius 1 is 0.815 bits per heavy atom. The van der Waals surface area contributed by atoms with Gasteiger partial charge in [-0.1, -0.05) is 95.4 Å². The molecule has 0 atom stereocenters. The molecule has 3 heteroatoms. The first-order valence-corrected chi connectivity index (χ1v) is 11.9. The molecule has 0 spiro atoms. The molecule has 2 N–H and O–H groups in total. The number of benzene rings is 1. The van der Waals surface area contributed by atoms with E-state index in [0.29, 0.717) is 14.6 Å². The number of unbranched alkanes of at least 4 members (excludes halogenated alkanes) is 4. The van der Waals surface area contributed by atoms with Gasteiger partial charge < -0.3 is 10.2 Å². The lowest BCUT2D eigenvalue weighted by atomic mass is 9.84. The van der Waals surface area contributed by atoms with Gasteiger partial charge in [-0.15, -0.1) is 0 Å². The predicted octanol–water partition coefficient (Wildman–Crippen LogP) is 7.95. The van der Waals surface area contributed by atoms with Crippen molar-refractivity contribution in [1.29, 1.82) is 0 Å². The minimum absolute atomic E-state index is 0.246. The van der Waals surface area contributed by atoms with Crippen LogP contribution in [0.15, 0.2) is 12.1 Å². The van der Waals surface area contributed by atoms with Crippen LogP contribution in [0.25, 0.3) is 0 Å². The van der Waals surface area contributed by atoms with Crippen LogP contribution in [0.2, 0.25) is 0 Å². The van der Waals surface area contributed by atoms with Crippen molar-refractivity contribution in [3.8, 4) is 11.5 Å². The predicted molar refractivity (Wildman–Crippen MR) is 126 cm³/mol. The fourth-order valence-corrected chi connectivity index (χ4v) is 3.80. The highest BCUT2D eigenvalue weighted by Crippen LogP contribution is 2.34. The Morgan fingerprint density at radius 3 is 2.00 bits per heavy atom. The molecule has 1 aromatic carbocycles. The summed E-state index contributed by atoms with van der Waals surface area (Å²) in [4.78, 5) is 0. The number of phenols is 2. The molecule has 1 rings (SSSR count). The van der Waals surface area contributed by atoms with Gasteiger partial charge in [0, 0.05) is 8.99 Å². The van der Waals surface area contributed by atoms with Crippen molar-refractivity contribution in [2.24, 2.45) is 5.41 Å². The van der Waals surface area contributed by atoms with Crippen LogP contribution in [0.4, 0.5) is 0 Å². The topological polar surface area (TPSA) is 40.5 Å². The molecule has 0 aliphatic heterocycles. The number of alkyl halides is 1. The van der Waals surface area contributed by atoms with Gasteiger partial charge in [0.15, 0.2) is 0 Å². The minimum atomic E-state index is 0.246. The van der Waals surface area contributed by atoms with E-state index < -0.39 is 0 Å². The van der Waals surface area contributed by atoms with E-state index in [1.165, 1.54) is 38.5 Å². The molecule has 0 aliphatic rings. The third kappa shape index (κ3) is 10.0. The second-order valence-corrected chi connectivity index (χ2v) is 12.3. The highest BCUT2D eigenvalue weighted by Gasteiger charge is 2.15. The zero-order valence-corrected chi connectivity index (χ0v) is 20.4. The van der Waals surface area contributed by atoms with E-state index in [0.717, 1.165) is 43.2 Å². The van der Waals surface area contributed by atoms with E-state index in [1.807, 2.05) is 6.07 Å². The second kappa shape index (κ2) is 11.5. The molecule has 0 fully saturated rings. The van der Waals surface area contributed by atoms with E-state index in [1.54, 1.807) is 6.07 Å². The average Bonchev–Trinajstić information content (AvgIpc) is 2.57. The van der Waals surface area contributed by atoms with Crippen LogP contribution in [-0.2, 0) is 12.8 Å². The lowest BCUT2D eigenvalue weighted by Gasteiger charge is -2.22. The zero-order valence-electron chi connectivity index (χ0n) is 18.2. The maximum absolute atomic E-state index is 10.6. The molecule has 2 nitrogen and oxygen atoms in total. The summed E-state index contributed by atoms with van der Waals surface area (Å²) >= 11 is 2.50. The van der Waals surface area contributed by atoms with Crippen LogP contribution in [0, 0.1) is 5.41 Å². The third-order valence-electron chi connectivity index (χ3n) is 5.80. The molecule has 0 unspecified atom stereocenters. The summed E-state index contributed by atoms with van der Waals surface area (Å²) in [5.41, 5.74) is 2.18. The number of phenolic OH excluding ortho intramolecular Hbond substituents is 2. The van der Waals surface area contributed by atoms with Crippen LogP contribution < -0.4 is 0 Å². The Hall–Kier alpha value is -0.450. The molecule has 0 bridgehead atoms. The van der Waals surface area contributed by atoms with Gasteiger partial charge >= 0.3 is 0 Å². The highest BCUT2D eigenvalue weighted by atomic mass is 127. The van der Waals surface area contributed by atoms with Gasteiger partial charge in [-0.25, -0.2) is 0 Å². The van der Waals surface area contributed by atoms with Crippen molar-refractivity contribution in [3.05, 3.63) is 23.3 Å². The number of hydrogen-bond donors (Lipinski definition) is 2. The van der Waals surface area contributed by atoms with Gasteiger partial charge in [0.25, 0.3) is 0 Å². The normalized spacial score (nSPS) is 12.5. The molecule has 156 valence electrons. The maximum atomic E-state index is 10.6. The quantitative estimate of drug-likeness (QED) is 0.168. The van der Waals surface area contributed by atoms with Crippen molar-refractivity contribution in [3.63, 3.8) is 0 Å². The van der Waals surface area contributed by atoms with Crippen molar-refractivity contribution >= 4 is 22.6 Å². The smallest absolute Gasteiger partial charge is 0.125 e. The van der Waals surface area contributed by atoms with Crippen LogP contribution in [-0.4, -0.2) is 13.6 Å². The molecule has 0 heterocycles. The van der Waals surface area contributed by atoms with Crippen molar-refractivity contribution in [2.45, 2.75) is 109 Å². The van der Waals surface area contributed by atoms with E-state index >= 15 is 0 Å². The summed E-state index contributed by atoms with van der Waals surface area (Å²) in [5.74, 6) is 0.577. The van der Waals surface area contributed by atoms with E-state index in [-0.39, 0.29) is 5.75 Å². The molecule has 0 saturated carbocycles. The van der Waals surface area contributed by atoms with Crippen molar-refractivity contribution in [2.75, 3.05) is 0 Å². The summed E-state index contributed by atoms with van der Waals surface area (Å²) < 4.78 is 0.355. The number of rotatable bonds is 13. The van der Waals surface area contributed by atoms with Crippen LogP contribution >= 0.6 is 22.6 Å². The second-order valence-electron chi connectivity index (χ2n) is 9.43. The molecule has 1 aromatic rings. The van der Waals surface area contributed by atoms with Gasteiger partial charge in [-0.3, -0.25) is 0 Å². The number of hydrogen-bond acceptors (Lipinski definition) is 2. The first-order valence-electron chi connectivity index (χ1n) is 10.8. The molecular formula is C24H41IO2. The fraction of sp³-hybridized carbons (Fsp3) is 0.750. The summed E-state index contributed by atoms with van der Waals surface area (Å²) in [5, 5.41) is 20.8. The summed E-state index contributed by atoms with van der Waals surface area (Å²) in [6.07, 6.45) is 12.3. The summed E-state index contributed by atoms with van der Waals surface area (Å²) in [6.45, 7) is 11.5. The number of halogens is 1. The van der Waals surface area contributed by atoms with Crippen LogP contribution in [0.5, 0.6) is 11.5 Å². The number of aryl methyl sites for hydroxylation is 1. The molecule has 0 radical (unpaired) electrons. The standard InChI is InChI=1S/C24H41IO2/c1-6-23(2,3)17-11-7-9-13-19-15-16-21(26)20(22(19)27)14-10-8-12-18-24(4,5)25/h15-16,26-27H,6-14,17-18H2,1-5H3. The van der Waals surface area contributed by atoms with Crippen LogP contribution in [0.3, 0.4) is 0 Å². The first kappa shape index (κ1) is 24.6. The Labute approximate surface area is 181 Å². The molecule has 0 amide bonds. The van der Waals surface area contributed by atoms with Gasteiger partial charge in [0.05, 0.1) is 0 Å². The Kier molecular flexibility index (Phi) is 10.5. The highest BCUT2D eigenvalue weighted by molar-refractivity contribution is 14.1. The van der Waals surface area contributed by atoms with Gasteiger partial charge in [0.1, 0.15) is 11.5 Å². The van der Waals surface area contributed by atoms with E-state index in [9.17, 15) is 10.2 Å². The minimum Gasteiger partial charge on any atom is -0.508 e. The SMILES string of the molecule is CCC(C)(C)CCCCCc1ccc(O)c(CCCCCC(C)(C)I)c1O. The van der Waals surface area contributed by atoms with Gasteiger partial charge in [-0.2, -0.15) is 0 Å². The summed E-state index contributed by atoms with van der Waals surface area (Å²) in [7, 11) is 0. The van der Waals surface area contributed by atoms with Gasteiger partial charge in [0.2, 0.25) is 0 Å². The summed E-state index contributed by atoms with van der Waals surface area (Å²) in [6, 6.07) is 3.65. The zero-order chi connectivity index (χ0) is 20.5. The van der Waals surface area contributed by atoms with E-state index in [4.69, 9.17) is 0 Å². The maximum Gasteiger partial charge on any atom is 0.125 e. The Balaban J connectivity index is 2.45. The Bertz CT molecular complexity index is 558. The van der Waals surface area contributed by atoms with Gasteiger partial charge in [-0.05, 0) is 55.6 Å². The molecule has 27 heavy (non-hydrogen) atoms.